The third-order valence-electron chi connectivity index (χ3n) is 4.50. The number of hydrogen-bond donors (Lipinski definition) is 1. The van der Waals surface area contributed by atoms with E-state index in [4.69, 9.17) is 4.74 Å². The first-order chi connectivity index (χ1) is 9.08. The maximum atomic E-state index is 12.6. The molecule has 110 valence electrons. The Kier molecular flexibility index (Phi) is 4.85. The Morgan fingerprint density at radius 2 is 2.11 bits per heavy atom. The summed E-state index contributed by atoms with van der Waals surface area (Å²) in [6.45, 7) is 6.55. The second kappa shape index (κ2) is 6.23. The highest BCUT2D eigenvalue weighted by atomic mass is 16.5. The Balaban J connectivity index is 2.00. The van der Waals surface area contributed by atoms with Crippen LogP contribution in [0.2, 0.25) is 0 Å². The third kappa shape index (κ3) is 2.95. The fourth-order valence-electron chi connectivity index (χ4n) is 3.17. The molecule has 0 aromatic rings. The molecule has 0 aromatic carbocycles. The van der Waals surface area contributed by atoms with Crippen molar-refractivity contribution in [3.05, 3.63) is 0 Å². The van der Waals surface area contributed by atoms with Crippen molar-refractivity contribution in [1.29, 1.82) is 0 Å². The van der Waals surface area contributed by atoms with E-state index in [0.717, 1.165) is 32.1 Å². The molecular weight excluding hydrogens is 240 g/mol. The van der Waals surface area contributed by atoms with Crippen molar-refractivity contribution in [3.8, 4) is 0 Å². The van der Waals surface area contributed by atoms with Gasteiger partial charge >= 0.3 is 0 Å². The quantitative estimate of drug-likeness (QED) is 0.802. The zero-order valence-electron chi connectivity index (χ0n) is 12.7. The van der Waals surface area contributed by atoms with E-state index in [9.17, 15) is 4.79 Å². The van der Waals surface area contributed by atoms with E-state index >= 15 is 0 Å². The monoisotopic (exact) mass is 268 g/mol. The lowest BCUT2D eigenvalue weighted by Crippen LogP contribution is -2.54. The molecule has 2 unspecified atom stereocenters. The van der Waals surface area contributed by atoms with Crippen LogP contribution >= 0.6 is 0 Å². The van der Waals surface area contributed by atoms with Gasteiger partial charge in [0.15, 0.2) is 0 Å². The van der Waals surface area contributed by atoms with Gasteiger partial charge in [-0.2, -0.15) is 0 Å². The summed E-state index contributed by atoms with van der Waals surface area (Å²) in [4.78, 5) is 14.7. The summed E-state index contributed by atoms with van der Waals surface area (Å²) in [6, 6.07) is 0.415. The van der Waals surface area contributed by atoms with Gasteiger partial charge in [0.25, 0.3) is 0 Å². The van der Waals surface area contributed by atoms with Crippen LogP contribution in [-0.2, 0) is 9.53 Å². The van der Waals surface area contributed by atoms with Crippen molar-refractivity contribution in [2.75, 3.05) is 7.11 Å². The molecule has 1 N–H and O–H groups in total. The third-order valence-corrected chi connectivity index (χ3v) is 4.50. The number of carbonyl (C=O) groups excluding carboxylic acids is 1. The van der Waals surface area contributed by atoms with Crippen LogP contribution in [0.5, 0.6) is 0 Å². The SMILES string of the molecule is CCCCC1NC(C(C)C)N(C2CC(OC)C2)C1=O. The van der Waals surface area contributed by atoms with Gasteiger partial charge in [-0.3, -0.25) is 10.1 Å². The second-order valence-electron chi connectivity index (χ2n) is 6.28. The molecule has 1 aliphatic carbocycles. The van der Waals surface area contributed by atoms with Crippen LogP contribution in [0.25, 0.3) is 0 Å². The normalized spacial score (nSPS) is 35.0. The van der Waals surface area contributed by atoms with Crippen LogP contribution in [0.1, 0.15) is 52.9 Å². The number of methoxy groups -OCH3 is 1. The maximum Gasteiger partial charge on any atom is 0.241 e. The summed E-state index contributed by atoms with van der Waals surface area (Å²) >= 11 is 0. The highest BCUT2D eigenvalue weighted by Crippen LogP contribution is 2.33. The Morgan fingerprint density at radius 3 is 2.63 bits per heavy atom. The molecule has 0 bridgehead atoms. The second-order valence-corrected chi connectivity index (χ2v) is 6.28. The molecule has 2 rings (SSSR count). The van der Waals surface area contributed by atoms with E-state index in [0.29, 0.717) is 24.0 Å². The van der Waals surface area contributed by atoms with Crippen LogP contribution in [0, 0.1) is 5.92 Å². The molecule has 4 nitrogen and oxygen atoms in total. The lowest BCUT2D eigenvalue weighted by molar-refractivity contribution is -0.138. The minimum Gasteiger partial charge on any atom is -0.381 e. The highest BCUT2D eigenvalue weighted by Gasteiger charge is 2.47. The standard InChI is InChI=1S/C15H28N2O2/c1-5-6-7-13-15(18)17(14(16-13)10(2)3)11-8-12(9-11)19-4/h10-14,16H,5-9H2,1-4H3. The minimum absolute atomic E-state index is 0.0361. The molecular formula is C15H28N2O2. The van der Waals surface area contributed by atoms with Gasteiger partial charge in [-0.25, -0.2) is 0 Å². The lowest BCUT2D eigenvalue weighted by atomic mass is 9.87. The number of carbonyl (C=O) groups is 1. The van der Waals surface area contributed by atoms with Gasteiger partial charge < -0.3 is 9.64 Å². The van der Waals surface area contributed by atoms with E-state index in [2.05, 4.69) is 31.0 Å². The summed E-state index contributed by atoms with van der Waals surface area (Å²) < 4.78 is 5.34. The van der Waals surface area contributed by atoms with E-state index < -0.39 is 0 Å². The Labute approximate surface area is 116 Å². The first-order valence-electron chi connectivity index (χ1n) is 7.69. The van der Waals surface area contributed by atoms with Crippen LogP contribution < -0.4 is 5.32 Å². The number of amides is 1. The number of hydrogen-bond acceptors (Lipinski definition) is 3. The molecule has 2 aliphatic rings. The summed E-state index contributed by atoms with van der Waals surface area (Å²) in [5, 5.41) is 3.54. The Bertz CT molecular complexity index is 313. The minimum atomic E-state index is 0.0361. The van der Waals surface area contributed by atoms with Crippen molar-refractivity contribution >= 4 is 5.91 Å². The molecule has 1 saturated carbocycles. The van der Waals surface area contributed by atoms with Gasteiger partial charge in [-0.1, -0.05) is 33.6 Å². The molecule has 2 atom stereocenters. The van der Waals surface area contributed by atoms with Crippen molar-refractivity contribution < 1.29 is 9.53 Å². The van der Waals surface area contributed by atoms with E-state index in [1.54, 1.807) is 7.11 Å². The van der Waals surface area contributed by atoms with Crippen LogP contribution in [-0.4, -0.2) is 42.3 Å². The molecule has 4 heteroatoms. The number of rotatable bonds is 6. The van der Waals surface area contributed by atoms with Crippen molar-refractivity contribution in [2.45, 2.75) is 77.2 Å². The highest BCUT2D eigenvalue weighted by molar-refractivity contribution is 5.84. The molecule has 2 fully saturated rings. The summed E-state index contributed by atoms with van der Waals surface area (Å²) in [5.41, 5.74) is 0. The van der Waals surface area contributed by atoms with E-state index in [1.807, 2.05) is 0 Å². The predicted octanol–water partition coefficient (Wildman–Crippen LogP) is 2.14. The van der Waals surface area contributed by atoms with Gasteiger partial charge in [0, 0.05) is 13.2 Å². The van der Waals surface area contributed by atoms with Crippen molar-refractivity contribution in [1.82, 2.24) is 10.2 Å². The molecule has 1 saturated heterocycles. The number of ether oxygens (including phenoxy) is 1. The van der Waals surface area contributed by atoms with Gasteiger partial charge in [0.2, 0.25) is 5.91 Å². The number of nitrogens with one attached hydrogen (secondary N) is 1. The topological polar surface area (TPSA) is 41.6 Å². The lowest BCUT2D eigenvalue weighted by Gasteiger charge is -2.43. The summed E-state index contributed by atoms with van der Waals surface area (Å²) in [5.74, 6) is 0.767. The molecule has 0 radical (unpaired) electrons. The van der Waals surface area contributed by atoms with E-state index in [-0.39, 0.29) is 12.2 Å². The van der Waals surface area contributed by atoms with Crippen molar-refractivity contribution in [3.63, 3.8) is 0 Å². The average molecular weight is 268 g/mol. The first kappa shape index (κ1) is 14.8. The van der Waals surface area contributed by atoms with Gasteiger partial charge in [0.05, 0.1) is 18.3 Å². The zero-order chi connectivity index (χ0) is 14.0. The van der Waals surface area contributed by atoms with Gasteiger partial charge in [-0.15, -0.1) is 0 Å². The molecule has 0 aromatic heterocycles. The number of unbranched alkanes of at least 4 members (excludes halogenated alkanes) is 1. The van der Waals surface area contributed by atoms with Crippen LogP contribution in [0.15, 0.2) is 0 Å². The molecule has 1 aliphatic heterocycles. The van der Waals surface area contributed by atoms with E-state index in [1.165, 1.54) is 0 Å². The predicted molar refractivity (Wildman–Crippen MR) is 75.7 cm³/mol. The number of nitrogens with zero attached hydrogens (tertiary/aromatic N) is 1. The van der Waals surface area contributed by atoms with Gasteiger partial charge in [0.1, 0.15) is 0 Å². The fraction of sp³-hybridized carbons (Fsp3) is 0.933. The summed E-state index contributed by atoms with van der Waals surface area (Å²) in [6.07, 6.45) is 5.77. The Hall–Kier alpha value is -0.610. The van der Waals surface area contributed by atoms with Crippen LogP contribution in [0.4, 0.5) is 0 Å². The molecule has 1 heterocycles. The smallest absolute Gasteiger partial charge is 0.241 e. The van der Waals surface area contributed by atoms with Crippen LogP contribution in [0.3, 0.4) is 0 Å². The van der Waals surface area contributed by atoms with Crippen molar-refractivity contribution in [2.24, 2.45) is 5.92 Å². The van der Waals surface area contributed by atoms with Gasteiger partial charge in [-0.05, 0) is 25.2 Å². The summed E-state index contributed by atoms with van der Waals surface area (Å²) in [7, 11) is 1.76. The largest absolute Gasteiger partial charge is 0.381 e. The first-order valence-corrected chi connectivity index (χ1v) is 7.69. The molecule has 19 heavy (non-hydrogen) atoms. The fourth-order valence-corrected chi connectivity index (χ4v) is 3.17. The Morgan fingerprint density at radius 1 is 1.42 bits per heavy atom. The maximum absolute atomic E-state index is 12.6. The average Bonchev–Trinajstić information content (AvgIpc) is 2.64. The molecule has 1 amide bonds. The zero-order valence-corrected chi connectivity index (χ0v) is 12.7. The molecule has 0 spiro atoms.